The minimum absolute atomic E-state index is 0.266. The molecule has 3 aliphatic heterocycles. The van der Waals surface area contributed by atoms with Gasteiger partial charge in [-0.25, -0.2) is 10.9 Å². The van der Waals surface area contributed by atoms with E-state index in [9.17, 15) is 5.11 Å². The Bertz CT molecular complexity index is 527. The highest BCUT2D eigenvalue weighted by molar-refractivity contribution is 5.21. The Balaban J connectivity index is 1.45. The SMILES string of the molecule is OCC[C@H]1CN2CCCC2CN1CC1NNNC1c1ccccc1. The lowest BCUT2D eigenvalue weighted by Gasteiger charge is -2.44. The van der Waals surface area contributed by atoms with E-state index in [4.69, 9.17) is 0 Å². The zero-order valence-electron chi connectivity index (χ0n) is 14.2. The van der Waals surface area contributed by atoms with Crippen molar-refractivity contribution in [3.05, 3.63) is 35.9 Å². The van der Waals surface area contributed by atoms with Crippen LogP contribution < -0.4 is 16.4 Å². The molecule has 3 aliphatic rings. The van der Waals surface area contributed by atoms with E-state index in [0.29, 0.717) is 18.1 Å². The topological polar surface area (TPSA) is 62.8 Å². The molecule has 4 N–H and O–H groups in total. The Labute approximate surface area is 144 Å². The molecule has 0 bridgehead atoms. The summed E-state index contributed by atoms with van der Waals surface area (Å²) in [5, 5.41) is 9.48. The second-order valence-corrected chi connectivity index (χ2v) is 7.32. The van der Waals surface area contributed by atoms with Crippen LogP contribution in [0.4, 0.5) is 0 Å². The fourth-order valence-corrected chi connectivity index (χ4v) is 4.57. The number of hydrazine groups is 2. The standard InChI is InChI=1S/C18H29N5O/c24-10-8-16-11-22-9-4-7-15(22)12-23(16)13-17-18(20-21-19-17)14-5-2-1-3-6-14/h1-3,5-6,15-21,24H,4,7-13H2/t15?,16-,17?,18?/m0/s1. The molecular weight excluding hydrogens is 302 g/mol. The second kappa shape index (κ2) is 7.47. The predicted molar refractivity (Wildman–Crippen MR) is 94.0 cm³/mol. The van der Waals surface area contributed by atoms with Gasteiger partial charge in [-0.3, -0.25) is 9.80 Å². The highest BCUT2D eigenvalue weighted by Gasteiger charge is 2.38. The van der Waals surface area contributed by atoms with E-state index in [0.717, 1.165) is 26.1 Å². The molecule has 4 atom stereocenters. The number of aliphatic hydroxyl groups is 1. The Kier molecular flexibility index (Phi) is 5.12. The lowest BCUT2D eigenvalue weighted by molar-refractivity contribution is 0.0322. The van der Waals surface area contributed by atoms with Crippen LogP contribution in [0.2, 0.25) is 0 Å². The van der Waals surface area contributed by atoms with Gasteiger partial charge in [0.15, 0.2) is 0 Å². The molecule has 3 fully saturated rings. The summed E-state index contributed by atoms with van der Waals surface area (Å²) in [6.45, 7) is 4.74. The zero-order valence-corrected chi connectivity index (χ0v) is 14.2. The fourth-order valence-electron chi connectivity index (χ4n) is 4.57. The van der Waals surface area contributed by atoms with Crippen LogP contribution in [0.15, 0.2) is 30.3 Å². The maximum atomic E-state index is 9.48. The van der Waals surface area contributed by atoms with E-state index >= 15 is 0 Å². The van der Waals surface area contributed by atoms with Crippen molar-refractivity contribution < 1.29 is 5.11 Å². The van der Waals surface area contributed by atoms with Gasteiger partial charge < -0.3 is 5.11 Å². The van der Waals surface area contributed by atoms with E-state index in [1.165, 1.54) is 24.9 Å². The van der Waals surface area contributed by atoms with Crippen LogP contribution in [-0.2, 0) is 0 Å². The first-order valence-electron chi connectivity index (χ1n) is 9.25. The zero-order chi connectivity index (χ0) is 16.4. The Morgan fingerprint density at radius 3 is 2.83 bits per heavy atom. The van der Waals surface area contributed by atoms with Crippen molar-refractivity contribution >= 4 is 0 Å². The molecule has 132 valence electrons. The van der Waals surface area contributed by atoms with Crippen LogP contribution in [0, 0.1) is 0 Å². The Morgan fingerprint density at radius 1 is 1.12 bits per heavy atom. The van der Waals surface area contributed by atoms with Crippen LogP contribution in [0.1, 0.15) is 30.9 Å². The first kappa shape index (κ1) is 16.4. The minimum atomic E-state index is 0.266. The van der Waals surface area contributed by atoms with E-state index in [-0.39, 0.29) is 12.6 Å². The average molecular weight is 331 g/mol. The summed E-state index contributed by atoms with van der Waals surface area (Å²) >= 11 is 0. The van der Waals surface area contributed by atoms with Crippen molar-refractivity contribution in [2.75, 3.05) is 32.8 Å². The lowest BCUT2D eigenvalue weighted by Crippen LogP contribution is -2.59. The molecule has 3 unspecified atom stereocenters. The van der Waals surface area contributed by atoms with Gasteiger partial charge in [-0.05, 0) is 31.4 Å². The van der Waals surface area contributed by atoms with E-state index in [1.54, 1.807) is 0 Å². The molecule has 1 aromatic carbocycles. The van der Waals surface area contributed by atoms with Gasteiger partial charge in [0.25, 0.3) is 0 Å². The van der Waals surface area contributed by atoms with Crippen LogP contribution >= 0.6 is 0 Å². The summed E-state index contributed by atoms with van der Waals surface area (Å²) in [5.74, 6) is 0. The second-order valence-electron chi connectivity index (χ2n) is 7.32. The van der Waals surface area contributed by atoms with Crippen molar-refractivity contribution in [1.29, 1.82) is 0 Å². The summed E-state index contributed by atoms with van der Waals surface area (Å²) in [7, 11) is 0. The predicted octanol–water partition coefficient (Wildman–Crippen LogP) is 0.240. The number of nitrogens with one attached hydrogen (secondary N) is 3. The van der Waals surface area contributed by atoms with Gasteiger partial charge in [0.1, 0.15) is 0 Å². The molecule has 0 aliphatic carbocycles. The van der Waals surface area contributed by atoms with Crippen molar-refractivity contribution in [3.63, 3.8) is 0 Å². The quantitative estimate of drug-likeness (QED) is 0.620. The highest BCUT2D eigenvalue weighted by Crippen LogP contribution is 2.27. The molecule has 3 heterocycles. The Morgan fingerprint density at radius 2 is 2.00 bits per heavy atom. The molecule has 0 aromatic heterocycles. The molecule has 1 aromatic rings. The van der Waals surface area contributed by atoms with Crippen LogP contribution in [0.3, 0.4) is 0 Å². The minimum Gasteiger partial charge on any atom is -0.396 e. The van der Waals surface area contributed by atoms with Crippen LogP contribution in [0.5, 0.6) is 0 Å². The van der Waals surface area contributed by atoms with Gasteiger partial charge in [-0.1, -0.05) is 30.3 Å². The van der Waals surface area contributed by atoms with Gasteiger partial charge in [0.2, 0.25) is 0 Å². The lowest BCUT2D eigenvalue weighted by atomic mass is 9.98. The van der Waals surface area contributed by atoms with E-state index in [2.05, 4.69) is 56.5 Å². The van der Waals surface area contributed by atoms with Gasteiger partial charge in [-0.15, -0.1) is 0 Å². The molecule has 6 heteroatoms. The molecule has 0 saturated carbocycles. The highest BCUT2D eigenvalue weighted by atomic mass is 16.3. The number of hydrogen-bond donors (Lipinski definition) is 4. The number of piperazine rings is 1. The molecule has 0 amide bonds. The van der Waals surface area contributed by atoms with Gasteiger partial charge in [-0.2, -0.15) is 5.53 Å². The largest absolute Gasteiger partial charge is 0.396 e. The maximum absolute atomic E-state index is 9.48. The summed E-state index contributed by atoms with van der Waals surface area (Å²) in [5.41, 5.74) is 11.2. The molecule has 4 rings (SSSR count). The van der Waals surface area contributed by atoms with Gasteiger partial charge in [0, 0.05) is 38.3 Å². The number of nitrogens with zero attached hydrogens (tertiary/aromatic N) is 2. The van der Waals surface area contributed by atoms with Crippen molar-refractivity contribution in [2.24, 2.45) is 0 Å². The van der Waals surface area contributed by atoms with Crippen molar-refractivity contribution in [2.45, 2.75) is 43.4 Å². The number of fused-ring (bicyclic) bond motifs is 1. The monoisotopic (exact) mass is 331 g/mol. The molecule has 3 saturated heterocycles. The van der Waals surface area contributed by atoms with Crippen LogP contribution in [0.25, 0.3) is 0 Å². The fraction of sp³-hybridized carbons (Fsp3) is 0.667. The summed E-state index contributed by atoms with van der Waals surface area (Å²) in [6.07, 6.45) is 3.51. The normalized spacial score (nSPS) is 34.5. The number of rotatable bonds is 5. The van der Waals surface area contributed by atoms with Crippen molar-refractivity contribution in [3.8, 4) is 0 Å². The Hall–Kier alpha value is -1.02. The third kappa shape index (κ3) is 3.35. The average Bonchev–Trinajstić information content (AvgIpc) is 3.25. The number of aliphatic hydroxyl groups excluding tert-OH is 1. The third-order valence-electron chi connectivity index (χ3n) is 5.85. The first-order chi connectivity index (χ1) is 11.8. The summed E-state index contributed by atoms with van der Waals surface area (Å²) < 4.78 is 0. The van der Waals surface area contributed by atoms with Crippen molar-refractivity contribution in [1.82, 2.24) is 26.2 Å². The van der Waals surface area contributed by atoms with E-state index < -0.39 is 0 Å². The number of benzene rings is 1. The van der Waals surface area contributed by atoms with Gasteiger partial charge >= 0.3 is 0 Å². The number of hydrogen-bond acceptors (Lipinski definition) is 6. The molecule has 0 radical (unpaired) electrons. The first-order valence-corrected chi connectivity index (χ1v) is 9.25. The molecular formula is C18H29N5O. The summed E-state index contributed by atoms with van der Waals surface area (Å²) in [6, 6.07) is 12.4. The van der Waals surface area contributed by atoms with Gasteiger partial charge in [0.05, 0.1) is 12.1 Å². The molecule has 24 heavy (non-hydrogen) atoms. The van der Waals surface area contributed by atoms with E-state index in [1.807, 2.05) is 0 Å². The molecule has 0 spiro atoms. The molecule has 6 nitrogen and oxygen atoms in total. The summed E-state index contributed by atoms with van der Waals surface area (Å²) in [4.78, 5) is 5.23. The third-order valence-corrected chi connectivity index (χ3v) is 5.85. The smallest absolute Gasteiger partial charge is 0.0655 e. The maximum Gasteiger partial charge on any atom is 0.0655 e. The van der Waals surface area contributed by atoms with Crippen LogP contribution in [-0.4, -0.2) is 65.8 Å².